The van der Waals surface area contributed by atoms with Crippen molar-refractivity contribution in [3.63, 3.8) is 0 Å². The Bertz CT molecular complexity index is 557. The summed E-state index contributed by atoms with van der Waals surface area (Å²) in [5.74, 6) is 0.447. The van der Waals surface area contributed by atoms with Crippen LogP contribution in [0.3, 0.4) is 0 Å². The Balaban J connectivity index is 2.28. The van der Waals surface area contributed by atoms with E-state index in [1.54, 1.807) is 29.9 Å². The van der Waals surface area contributed by atoms with Gasteiger partial charge in [-0.2, -0.15) is 9.40 Å². The van der Waals surface area contributed by atoms with Crippen molar-refractivity contribution < 1.29 is 8.42 Å². The molecule has 1 aromatic heterocycles. The zero-order chi connectivity index (χ0) is 14.2. The normalized spacial score (nSPS) is 18.9. The summed E-state index contributed by atoms with van der Waals surface area (Å²) in [5, 5.41) is 4.19. The van der Waals surface area contributed by atoms with Crippen LogP contribution in [-0.2, 0) is 17.1 Å². The third-order valence-electron chi connectivity index (χ3n) is 3.95. The molecule has 7 heteroatoms. The van der Waals surface area contributed by atoms with Crippen LogP contribution < -0.4 is 5.73 Å². The molecule has 1 aromatic rings. The summed E-state index contributed by atoms with van der Waals surface area (Å²) >= 11 is 0. The molecule has 0 saturated carbocycles. The van der Waals surface area contributed by atoms with Crippen molar-refractivity contribution >= 4 is 10.0 Å². The average Bonchev–Trinajstić information content (AvgIpc) is 2.63. The second-order valence-electron chi connectivity index (χ2n) is 5.21. The van der Waals surface area contributed by atoms with Gasteiger partial charge in [0.15, 0.2) is 0 Å². The molecule has 1 saturated heterocycles. The average molecular weight is 286 g/mol. The molecule has 1 fully saturated rings. The number of aryl methyl sites for hydroxylation is 2. The third kappa shape index (κ3) is 2.54. The molecule has 19 heavy (non-hydrogen) atoms. The number of hydrogen-bond donors (Lipinski definition) is 1. The van der Waals surface area contributed by atoms with Crippen LogP contribution >= 0.6 is 0 Å². The quantitative estimate of drug-likeness (QED) is 0.872. The summed E-state index contributed by atoms with van der Waals surface area (Å²) in [4.78, 5) is 0.362. The first kappa shape index (κ1) is 14.5. The molecular weight excluding hydrogens is 264 g/mol. The van der Waals surface area contributed by atoms with Crippen LogP contribution in [0.5, 0.6) is 0 Å². The van der Waals surface area contributed by atoms with Gasteiger partial charge in [-0.1, -0.05) is 0 Å². The van der Waals surface area contributed by atoms with E-state index in [9.17, 15) is 8.42 Å². The predicted molar refractivity (Wildman–Crippen MR) is 73.2 cm³/mol. The number of sulfonamides is 1. The molecule has 0 unspecified atom stereocenters. The van der Waals surface area contributed by atoms with Gasteiger partial charge in [0.2, 0.25) is 10.0 Å². The highest BCUT2D eigenvalue weighted by Gasteiger charge is 2.32. The van der Waals surface area contributed by atoms with Gasteiger partial charge >= 0.3 is 0 Å². The second kappa shape index (κ2) is 5.22. The highest BCUT2D eigenvalue weighted by molar-refractivity contribution is 7.89. The molecule has 0 radical (unpaired) electrons. The highest BCUT2D eigenvalue weighted by atomic mass is 32.2. The Morgan fingerprint density at radius 2 is 1.89 bits per heavy atom. The first-order valence-electron chi connectivity index (χ1n) is 6.58. The molecule has 0 amide bonds. The molecular formula is C12H22N4O2S. The maximum absolute atomic E-state index is 12.7. The SMILES string of the molecule is Cc1nn(C)c(C)c1S(=O)(=O)N1CCC(CN)CC1. The van der Waals surface area contributed by atoms with Gasteiger partial charge in [-0.05, 0) is 39.2 Å². The maximum atomic E-state index is 12.7. The summed E-state index contributed by atoms with van der Waals surface area (Å²) < 4.78 is 28.5. The fraction of sp³-hybridized carbons (Fsp3) is 0.750. The van der Waals surface area contributed by atoms with Crippen molar-refractivity contribution in [3.8, 4) is 0 Å². The van der Waals surface area contributed by atoms with E-state index in [4.69, 9.17) is 5.73 Å². The van der Waals surface area contributed by atoms with Crippen molar-refractivity contribution in [3.05, 3.63) is 11.4 Å². The summed E-state index contributed by atoms with van der Waals surface area (Å²) in [6, 6.07) is 0. The van der Waals surface area contributed by atoms with E-state index in [2.05, 4.69) is 5.10 Å². The fourth-order valence-electron chi connectivity index (χ4n) is 2.64. The van der Waals surface area contributed by atoms with Gasteiger partial charge in [-0.15, -0.1) is 0 Å². The topological polar surface area (TPSA) is 81.2 Å². The second-order valence-corrected chi connectivity index (χ2v) is 7.08. The monoisotopic (exact) mass is 286 g/mol. The van der Waals surface area contributed by atoms with Gasteiger partial charge < -0.3 is 5.73 Å². The van der Waals surface area contributed by atoms with Crippen molar-refractivity contribution in [2.24, 2.45) is 18.7 Å². The number of aromatic nitrogens is 2. The van der Waals surface area contributed by atoms with Gasteiger partial charge in [0.1, 0.15) is 4.90 Å². The van der Waals surface area contributed by atoms with E-state index in [0.717, 1.165) is 12.8 Å². The molecule has 2 N–H and O–H groups in total. The number of hydrogen-bond acceptors (Lipinski definition) is 4. The minimum Gasteiger partial charge on any atom is -0.330 e. The number of piperidine rings is 1. The van der Waals surface area contributed by atoms with Gasteiger partial charge in [-0.3, -0.25) is 4.68 Å². The van der Waals surface area contributed by atoms with E-state index in [-0.39, 0.29) is 0 Å². The third-order valence-corrected chi connectivity index (χ3v) is 6.10. The Morgan fingerprint density at radius 3 is 2.32 bits per heavy atom. The number of rotatable bonds is 3. The lowest BCUT2D eigenvalue weighted by Gasteiger charge is -2.30. The minimum atomic E-state index is -3.43. The Labute approximate surface area is 114 Å². The molecule has 1 aliphatic rings. The van der Waals surface area contributed by atoms with Crippen LogP contribution in [0.4, 0.5) is 0 Å². The maximum Gasteiger partial charge on any atom is 0.246 e. The number of nitrogens with zero attached hydrogens (tertiary/aromatic N) is 3. The van der Waals surface area contributed by atoms with Crippen molar-refractivity contribution in [1.82, 2.24) is 14.1 Å². The van der Waals surface area contributed by atoms with Crippen molar-refractivity contribution in [1.29, 1.82) is 0 Å². The highest BCUT2D eigenvalue weighted by Crippen LogP contribution is 2.26. The zero-order valence-electron chi connectivity index (χ0n) is 11.8. The summed E-state index contributed by atoms with van der Waals surface area (Å²) in [6.07, 6.45) is 1.68. The van der Waals surface area contributed by atoms with Gasteiger partial charge in [-0.25, -0.2) is 8.42 Å². The standard InChI is InChI=1S/C12H22N4O2S/c1-9-12(10(2)15(3)14-9)19(17,18)16-6-4-11(8-13)5-7-16/h11H,4-8,13H2,1-3H3. The largest absolute Gasteiger partial charge is 0.330 e. The van der Waals surface area contributed by atoms with Crippen LogP contribution in [0.2, 0.25) is 0 Å². The van der Waals surface area contributed by atoms with Crippen molar-refractivity contribution in [2.45, 2.75) is 31.6 Å². The zero-order valence-corrected chi connectivity index (χ0v) is 12.6. The lowest BCUT2D eigenvalue weighted by atomic mass is 9.99. The fourth-order valence-corrected chi connectivity index (χ4v) is 4.51. The summed E-state index contributed by atoms with van der Waals surface area (Å²) in [5.41, 5.74) is 6.90. The van der Waals surface area contributed by atoms with Crippen molar-refractivity contribution in [2.75, 3.05) is 19.6 Å². The van der Waals surface area contributed by atoms with Gasteiger partial charge in [0.05, 0.1) is 11.4 Å². The van der Waals surface area contributed by atoms with E-state index in [0.29, 0.717) is 41.8 Å². The summed E-state index contributed by atoms with van der Waals surface area (Å²) in [7, 11) is -1.66. The molecule has 2 rings (SSSR count). The number of nitrogens with two attached hydrogens (primary N) is 1. The lowest BCUT2D eigenvalue weighted by Crippen LogP contribution is -2.40. The molecule has 0 spiro atoms. The van der Waals surface area contributed by atoms with Crippen LogP contribution in [0.15, 0.2) is 4.90 Å². The molecule has 0 aromatic carbocycles. The molecule has 0 bridgehead atoms. The lowest BCUT2D eigenvalue weighted by molar-refractivity contribution is 0.278. The van der Waals surface area contributed by atoms with E-state index in [1.165, 1.54) is 0 Å². The molecule has 0 aliphatic carbocycles. The predicted octanol–water partition coefficient (Wildman–Crippen LogP) is 0.396. The Morgan fingerprint density at radius 1 is 1.32 bits per heavy atom. The molecule has 108 valence electrons. The van der Waals surface area contributed by atoms with E-state index >= 15 is 0 Å². The van der Waals surface area contributed by atoms with E-state index < -0.39 is 10.0 Å². The molecule has 1 aliphatic heterocycles. The van der Waals surface area contributed by atoms with Gasteiger partial charge in [0, 0.05) is 20.1 Å². The molecule has 6 nitrogen and oxygen atoms in total. The van der Waals surface area contributed by atoms with Crippen LogP contribution in [-0.4, -0.2) is 42.1 Å². The first-order valence-corrected chi connectivity index (χ1v) is 8.02. The Hall–Kier alpha value is -0.920. The first-order chi connectivity index (χ1) is 8.87. The van der Waals surface area contributed by atoms with Crippen LogP contribution in [0, 0.1) is 19.8 Å². The van der Waals surface area contributed by atoms with E-state index in [1.807, 2.05) is 0 Å². The minimum absolute atomic E-state index is 0.362. The molecule has 0 atom stereocenters. The van der Waals surface area contributed by atoms with Crippen LogP contribution in [0.25, 0.3) is 0 Å². The van der Waals surface area contributed by atoms with Gasteiger partial charge in [0.25, 0.3) is 0 Å². The molecule has 2 heterocycles. The summed E-state index contributed by atoms with van der Waals surface area (Å²) in [6.45, 7) is 5.28. The Kier molecular flexibility index (Phi) is 3.98. The van der Waals surface area contributed by atoms with Crippen LogP contribution in [0.1, 0.15) is 24.2 Å². The smallest absolute Gasteiger partial charge is 0.246 e.